The second-order valence-electron chi connectivity index (χ2n) is 6.81. The molecular formula is C19H25F2NO6. The van der Waals surface area contributed by atoms with E-state index in [1.54, 1.807) is 20.8 Å². The first-order chi connectivity index (χ1) is 12.4. The summed E-state index contributed by atoms with van der Waals surface area (Å²) in [6.45, 7) is 4.91. The fourth-order valence-electron chi connectivity index (χ4n) is 2.05. The Bertz CT molecular complexity index is 710. The molecule has 0 heterocycles. The number of ether oxygens (including phenoxy) is 1. The molecule has 0 aliphatic carbocycles. The number of alkyl carbamates (subject to hydrolysis) is 1. The van der Waals surface area contributed by atoms with Crippen molar-refractivity contribution < 1.29 is 37.8 Å². The molecule has 1 aromatic carbocycles. The Labute approximate surface area is 162 Å². The Kier molecular flexibility index (Phi) is 9.42. The number of halogens is 2. The number of carboxylic acid groups (broad SMARTS) is 1. The highest BCUT2D eigenvalue weighted by molar-refractivity contribution is 6.08. The van der Waals surface area contributed by atoms with Crippen LogP contribution in [0.4, 0.5) is 13.6 Å². The largest absolute Gasteiger partial charge is 0.480 e. The lowest BCUT2D eigenvalue weighted by molar-refractivity contribution is -0.139. The summed E-state index contributed by atoms with van der Waals surface area (Å²) in [7, 11) is 0. The fraction of sp³-hybridized carbons (Fsp3) is 0.474. The van der Waals surface area contributed by atoms with Crippen molar-refractivity contribution in [2.24, 2.45) is 0 Å². The summed E-state index contributed by atoms with van der Waals surface area (Å²) >= 11 is 0. The molecule has 1 unspecified atom stereocenters. The number of ketones is 2. The molecule has 28 heavy (non-hydrogen) atoms. The highest BCUT2D eigenvalue weighted by atomic mass is 19.3. The Morgan fingerprint density at radius 1 is 1.11 bits per heavy atom. The second kappa shape index (κ2) is 10.5. The molecule has 0 aromatic heterocycles. The molecule has 1 aromatic rings. The number of hydrogen-bond donors (Lipinski definition) is 2. The number of nitrogens with one attached hydrogen (secondary N) is 1. The topological polar surface area (TPSA) is 110 Å². The lowest BCUT2D eigenvalue weighted by Crippen LogP contribution is -2.44. The van der Waals surface area contributed by atoms with Gasteiger partial charge in [0, 0.05) is 12.0 Å². The minimum absolute atomic E-state index is 0. The predicted octanol–water partition coefficient (Wildman–Crippen LogP) is 3.25. The molecular weight excluding hydrogens is 376 g/mol. The van der Waals surface area contributed by atoms with Crippen LogP contribution in [-0.2, 0) is 20.7 Å². The van der Waals surface area contributed by atoms with Crippen molar-refractivity contribution in [2.75, 3.05) is 0 Å². The number of carbonyl (C=O) groups is 4. The Hall–Kier alpha value is -2.84. The van der Waals surface area contributed by atoms with E-state index < -0.39 is 48.1 Å². The van der Waals surface area contributed by atoms with E-state index >= 15 is 0 Å². The average molecular weight is 401 g/mol. The minimum Gasteiger partial charge on any atom is -0.480 e. The van der Waals surface area contributed by atoms with Crippen LogP contribution in [0.25, 0.3) is 0 Å². The number of rotatable bonds is 8. The number of carbonyl (C=O) groups excluding carboxylic acids is 3. The molecule has 1 rings (SSSR count). The van der Waals surface area contributed by atoms with Gasteiger partial charge in [0.15, 0.2) is 5.78 Å². The van der Waals surface area contributed by atoms with Crippen molar-refractivity contribution in [3.05, 3.63) is 35.4 Å². The van der Waals surface area contributed by atoms with E-state index in [2.05, 4.69) is 5.32 Å². The van der Waals surface area contributed by atoms with Crippen molar-refractivity contribution >= 4 is 23.6 Å². The number of Topliss-reactive ketones (excluding diaryl/α,β-unsaturated/α-hetero) is 2. The molecule has 9 heteroatoms. The molecule has 156 valence electrons. The quantitative estimate of drug-likeness (QED) is 0.511. The van der Waals surface area contributed by atoms with Gasteiger partial charge in [-0.1, -0.05) is 31.7 Å². The minimum atomic E-state index is -3.21. The molecule has 0 bridgehead atoms. The van der Waals surface area contributed by atoms with Crippen LogP contribution >= 0.6 is 0 Å². The van der Waals surface area contributed by atoms with Gasteiger partial charge in [-0.15, -0.1) is 0 Å². The van der Waals surface area contributed by atoms with Crippen LogP contribution < -0.4 is 5.32 Å². The monoisotopic (exact) mass is 401 g/mol. The maximum Gasteiger partial charge on any atom is 0.408 e. The third kappa shape index (κ3) is 8.70. The molecule has 7 nitrogen and oxygen atoms in total. The summed E-state index contributed by atoms with van der Waals surface area (Å²) in [5, 5.41) is 11.5. The zero-order chi connectivity index (χ0) is 20.8. The van der Waals surface area contributed by atoms with Gasteiger partial charge in [0.05, 0.1) is 6.42 Å². The van der Waals surface area contributed by atoms with E-state index in [1.165, 1.54) is 24.3 Å². The van der Waals surface area contributed by atoms with Crippen LogP contribution in [-0.4, -0.2) is 46.8 Å². The van der Waals surface area contributed by atoms with E-state index in [4.69, 9.17) is 4.74 Å². The van der Waals surface area contributed by atoms with Crippen molar-refractivity contribution in [3.63, 3.8) is 0 Å². The highest BCUT2D eigenvalue weighted by Crippen LogP contribution is 2.12. The fourth-order valence-corrected chi connectivity index (χ4v) is 2.05. The van der Waals surface area contributed by atoms with Crippen molar-refractivity contribution in [3.8, 4) is 0 Å². The molecule has 0 saturated carbocycles. The zero-order valence-corrected chi connectivity index (χ0v) is 15.1. The standard InChI is InChI=1S/C18H21F2NO6.CH4/c1-18(2,3)27-17(26)21-12(16(24)25)8-10-4-6-11(7-5-10)13(22)9-14(23)15(19)20;/h4-7,12,15H,8-9H2,1-3H3,(H,21,26)(H,24,25);1H4. The third-order valence-corrected chi connectivity index (χ3v) is 3.28. The number of aliphatic carboxylic acids is 1. The van der Waals surface area contributed by atoms with Crippen molar-refractivity contribution in [1.82, 2.24) is 5.32 Å². The van der Waals surface area contributed by atoms with Gasteiger partial charge in [-0.05, 0) is 26.3 Å². The molecule has 0 aliphatic heterocycles. The van der Waals surface area contributed by atoms with Crippen LogP contribution in [0, 0.1) is 0 Å². The molecule has 0 radical (unpaired) electrons. The number of amides is 1. The molecule has 0 saturated heterocycles. The van der Waals surface area contributed by atoms with Gasteiger partial charge in [-0.25, -0.2) is 18.4 Å². The average Bonchev–Trinajstić information content (AvgIpc) is 2.52. The van der Waals surface area contributed by atoms with E-state index in [0.717, 1.165) is 0 Å². The summed E-state index contributed by atoms with van der Waals surface area (Å²) in [5.41, 5.74) is -0.250. The van der Waals surface area contributed by atoms with Crippen LogP contribution in [0.15, 0.2) is 24.3 Å². The maximum absolute atomic E-state index is 12.2. The Balaban J connectivity index is 0.00000729. The summed E-state index contributed by atoms with van der Waals surface area (Å²) in [5.74, 6) is -3.49. The summed E-state index contributed by atoms with van der Waals surface area (Å²) in [4.78, 5) is 45.7. The number of benzene rings is 1. The number of carboxylic acids is 1. The van der Waals surface area contributed by atoms with E-state index in [0.29, 0.717) is 5.56 Å². The van der Waals surface area contributed by atoms with E-state index in [1.807, 2.05) is 0 Å². The van der Waals surface area contributed by atoms with Gasteiger partial charge in [0.1, 0.15) is 11.6 Å². The van der Waals surface area contributed by atoms with Crippen LogP contribution in [0.3, 0.4) is 0 Å². The lowest BCUT2D eigenvalue weighted by Gasteiger charge is -2.22. The first kappa shape index (κ1) is 25.2. The van der Waals surface area contributed by atoms with Gasteiger partial charge in [-0.2, -0.15) is 0 Å². The lowest BCUT2D eigenvalue weighted by atomic mass is 10.0. The molecule has 0 spiro atoms. The smallest absolute Gasteiger partial charge is 0.408 e. The third-order valence-electron chi connectivity index (χ3n) is 3.28. The van der Waals surface area contributed by atoms with E-state index in [-0.39, 0.29) is 19.4 Å². The molecule has 2 N–H and O–H groups in total. The molecule has 1 amide bonds. The Morgan fingerprint density at radius 3 is 2.07 bits per heavy atom. The van der Waals surface area contributed by atoms with Crippen molar-refractivity contribution in [1.29, 1.82) is 0 Å². The molecule has 1 atom stereocenters. The summed E-state index contributed by atoms with van der Waals surface area (Å²) in [6.07, 6.45) is -5.08. The van der Waals surface area contributed by atoms with Crippen LogP contribution in [0.1, 0.15) is 50.5 Å². The van der Waals surface area contributed by atoms with Crippen LogP contribution in [0.2, 0.25) is 0 Å². The van der Waals surface area contributed by atoms with E-state index in [9.17, 15) is 33.1 Å². The SMILES string of the molecule is C.CC(C)(C)OC(=O)NC(Cc1ccc(C(=O)CC(=O)C(F)F)cc1)C(=O)O. The first-order valence-electron chi connectivity index (χ1n) is 8.04. The molecule has 0 aliphatic rings. The first-order valence-corrected chi connectivity index (χ1v) is 8.04. The van der Waals surface area contributed by atoms with Gasteiger partial charge in [0.2, 0.25) is 5.78 Å². The summed E-state index contributed by atoms with van der Waals surface area (Å²) in [6, 6.07) is 4.20. The number of hydrogen-bond acceptors (Lipinski definition) is 5. The van der Waals surface area contributed by atoms with Gasteiger partial charge >= 0.3 is 12.1 Å². The Morgan fingerprint density at radius 2 is 1.64 bits per heavy atom. The summed E-state index contributed by atoms with van der Waals surface area (Å²) < 4.78 is 29.4. The molecule has 0 fully saturated rings. The zero-order valence-electron chi connectivity index (χ0n) is 15.1. The maximum atomic E-state index is 12.2. The van der Waals surface area contributed by atoms with Crippen molar-refractivity contribution in [2.45, 2.75) is 59.1 Å². The highest BCUT2D eigenvalue weighted by Gasteiger charge is 2.24. The predicted molar refractivity (Wildman–Crippen MR) is 97.6 cm³/mol. The van der Waals surface area contributed by atoms with Crippen LogP contribution in [0.5, 0.6) is 0 Å². The number of alkyl halides is 2. The normalized spacial score (nSPS) is 11.9. The van der Waals surface area contributed by atoms with Gasteiger partial charge < -0.3 is 15.2 Å². The van der Waals surface area contributed by atoms with Gasteiger partial charge in [0.25, 0.3) is 6.43 Å². The van der Waals surface area contributed by atoms with Gasteiger partial charge in [-0.3, -0.25) is 9.59 Å². The second-order valence-corrected chi connectivity index (χ2v) is 6.81.